The summed E-state index contributed by atoms with van der Waals surface area (Å²) in [5, 5.41) is 11.0. The SMILES string of the molecule is C=CCCN1CCN(c2ccccc2[N+](=O)[O-])CC1. The van der Waals surface area contributed by atoms with Gasteiger partial charge in [0.25, 0.3) is 5.69 Å². The van der Waals surface area contributed by atoms with Gasteiger partial charge in [0.15, 0.2) is 0 Å². The first-order chi connectivity index (χ1) is 9.22. The van der Waals surface area contributed by atoms with Crippen molar-refractivity contribution in [2.45, 2.75) is 6.42 Å². The van der Waals surface area contributed by atoms with Gasteiger partial charge in [-0.2, -0.15) is 0 Å². The predicted molar refractivity (Wildman–Crippen MR) is 76.6 cm³/mol. The van der Waals surface area contributed by atoms with Crippen LogP contribution in [0.2, 0.25) is 0 Å². The number of para-hydroxylation sites is 2. The van der Waals surface area contributed by atoms with Crippen molar-refractivity contribution >= 4 is 11.4 Å². The van der Waals surface area contributed by atoms with Crippen molar-refractivity contribution in [1.29, 1.82) is 0 Å². The quantitative estimate of drug-likeness (QED) is 0.463. The van der Waals surface area contributed by atoms with Gasteiger partial charge in [0, 0.05) is 38.8 Å². The highest BCUT2D eigenvalue weighted by molar-refractivity contribution is 5.63. The predicted octanol–water partition coefficient (Wildman–Crippen LogP) is 2.29. The Hall–Kier alpha value is -1.88. The van der Waals surface area contributed by atoms with Crippen molar-refractivity contribution in [3.8, 4) is 0 Å². The molecule has 0 atom stereocenters. The van der Waals surface area contributed by atoms with E-state index in [-0.39, 0.29) is 10.6 Å². The monoisotopic (exact) mass is 261 g/mol. The van der Waals surface area contributed by atoms with E-state index in [0.29, 0.717) is 0 Å². The first-order valence-corrected chi connectivity index (χ1v) is 6.54. The van der Waals surface area contributed by atoms with Crippen molar-refractivity contribution in [2.75, 3.05) is 37.6 Å². The average molecular weight is 261 g/mol. The van der Waals surface area contributed by atoms with Crippen molar-refractivity contribution in [3.05, 3.63) is 47.0 Å². The van der Waals surface area contributed by atoms with E-state index in [1.165, 1.54) is 0 Å². The van der Waals surface area contributed by atoms with Crippen LogP contribution in [0, 0.1) is 10.1 Å². The lowest BCUT2D eigenvalue weighted by atomic mass is 10.2. The van der Waals surface area contributed by atoms with Gasteiger partial charge in [-0.25, -0.2) is 0 Å². The Kier molecular flexibility index (Phi) is 4.52. The Morgan fingerprint density at radius 1 is 1.26 bits per heavy atom. The molecule has 0 radical (unpaired) electrons. The fraction of sp³-hybridized carbons (Fsp3) is 0.429. The third-order valence-corrected chi connectivity index (χ3v) is 3.44. The molecule has 5 heteroatoms. The van der Waals surface area contributed by atoms with Gasteiger partial charge in [0.1, 0.15) is 5.69 Å². The Morgan fingerprint density at radius 2 is 1.95 bits per heavy atom. The van der Waals surface area contributed by atoms with E-state index >= 15 is 0 Å². The standard InChI is InChI=1S/C14H19N3O2/c1-2-3-8-15-9-11-16(12-10-15)13-6-4-5-7-14(13)17(18)19/h2,4-7H,1,3,8-12H2. The number of piperazine rings is 1. The second-order valence-electron chi connectivity index (χ2n) is 4.65. The third-order valence-electron chi connectivity index (χ3n) is 3.44. The van der Waals surface area contributed by atoms with Gasteiger partial charge in [-0.3, -0.25) is 15.0 Å². The summed E-state index contributed by atoms with van der Waals surface area (Å²) >= 11 is 0. The van der Waals surface area contributed by atoms with E-state index in [1.54, 1.807) is 12.1 Å². The Bertz CT molecular complexity index is 454. The van der Waals surface area contributed by atoms with Crippen LogP contribution < -0.4 is 4.90 Å². The van der Waals surface area contributed by atoms with Crippen LogP contribution in [0.5, 0.6) is 0 Å². The molecular formula is C14H19N3O2. The molecule has 1 aliphatic heterocycles. The zero-order valence-corrected chi connectivity index (χ0v) is 11.0. The maximum atomic E-state index is 11.0. The van der Waals surface area contributed by atoms with Crippen LogP contribution in [-0.2, 0) is 0 Å². The smallest absolute Gasteiger partial charge is 0.292 e. The molecular weight excluding hydrogens is 242 g/mol. The van der Waals surface area contributed by atoms with E-state index in [1.807, 2.05) is 18.2 Å². The lowest BCUT2D eigenvalue weighted by molar-refractivity contribution is -0.384. The zero-order valence-electron chi connectivity index (χ0n) is 11.0. The van der Waals surface area contributed by atoms with E-state index < -0.39 is 0 Å². The molecule has 1 aromatic carbocycles. The second kappa shape index (κ2) is 6.33. The molecule has 0 bridgehead atoms. The highest BCUT2D eigenvalue weighted by Gasteiger charge is 2.22. The molecule has 2 rings (SSSR count). The summed E-state index contributed by atoms with van der Waals surface area (Å²) in [7, 11) is 0. The Morgan fingerprint density at radius 3 is 2.58 bits per heavy atom. The summed E-state index contributed by atoms with van der Waals surface area (Å²) < 4.78 is 0. The highest BCUT2D eigenvalue weighted by atomic mass is 16.6. The summed E-state index contributed by atoms with van der Waals surface area (Å²) in [6, 6.07) is 6.96. The summed E-state index contributed by atoms with van der Waals surface area (Å²) in [5.74, 6) is 0. The zero-order chi connectivity index (χ0) is 13.7. The van der Waals surface area contributed by atoms with Gasteiger partial charge < -0.3 is 4.90 Å². The molecule has 1 heterocycles. The third kappa shape index (κ3) is 3.32. The topological polar surface area (TPSA) is 49.6 Å². The summed E-state index contributed by atoms with van der Waals surface area (Å²) in [6.07, 6.45) is 2.92. The summed E-state index contributed by atoms with van der Waals surface area (Å²) in [6.45, 7) is 8.31. The molecule has 0 spiro atoms. The first-order valence-electron chi connectivity index (χ1n) is 6.54. The lowest BCUT2D eigenvalue weighted by Crippen LogP contribution is -2.46. The molecule has 0 amide bonds. The highest BCUT2D eigenvalue weighted by Crippen LogP contribution is 2.28. The van der Waals surface area contributed by atoms with Crippen LogP contribution >= 0.6 is 0 Å². The van der Waals surface area contributed by atoms with Gasteiger partial charge in [-0.15, -0.1) is 6.58 Å². The number of benzene rings is 1. The molecule has 1 aromatic rings. The van der Waals surface area contributed by atoms with Crippen LogP contribution in [0.1, 0.15) is 6.42 Å². The molecule has 5 nitrogen and oxygen atoms in total. The Labute approximate surface area is 113 Å². The van der Waals surface area contributed by atoms with Gasteiger partial charge in [0.05, 0.1) is 4.92 Å². The number of hydrogen-bond donors (Lipinski definition) is 0. The van der Waals surface area contributed by atoms with Crippen LogP contribution in [0.4, 0.5) is 11.4 Å². The fourth-order valence-corrected chi connectivity index (χ4v) is 2.37. The molecule has 19 heavy (non-hydrogen) atoms. The van der Waals surface area contributed by atoms with E-state index in [9.17, 15) is 10.1 Å². The maximum absolute atomic E-state index is 11.0. The van der Waals surface area contributed by atoms with Gasteiger partial charge in [-0.1, -0.05) is 18.2 Å². The summed E-state index contributed by atoms with van der Waals surface area (Å²) in [4.78, 5) is 15.2. The molecule has 1 saturated heterocycles. The minimum Gasteiger partial charge on any atom is -0.363 e. The van der Waals surface area contributed by atoms with E-state index in [0.717, 1.165) is 44.8 Å². The molecule has 0 aliphatic carbocycles. The summed E-state index contributed by atoms with van der Waals surface area (Å²) in [5.41, 5.74) is 0.929. The molecule has 1 aliphatic rings. The molecule has 0 N–H and O–H groups in total. The minimum atomic E-state index is -0.306. The molecule has 0 saturated carbocycles. The lowest BCUT2D eigenvalue weighted by Gasteiger charge is -2.35. The molecule has 102 valence electrons. The minimum absolute atomic E-state index is 0.196. The van der Waals surface area contributed by atoms with Crippen molar-refractivity contribution in [3.63, 3.8) is 0 Å². The van der Waals surface area contributed by atoms with Crippen LogP contribution in [0.25, 0.3) is 0 Å². The normalized spacial score (nSPS) is 16.3. The van der Waals surface area contributed by atoms with Crippen molar-refractivity contribution in [1.82, 2.24) is 4.90 Å². The van der Waals surface area contributed by atoms with Gasteiger partial charge >= 0.3 is 0 Å². The van der Waals surface area contributed by atoms with Crippen molar-refractivity contribution in [2.24, 2.45) is 0 Å². The fourth-order valence-electron chi connectivity index (χ4n) is 2.37. The van der Waals surface area contributed by atoms with Crippen molar-refractivity contribution < 1.29 is 4.92 Å². The molecule has 1 fully saturated rings. The molecule has 0 aromatic heterocycles. The number of hydrogen-bond acceptors (Lipinski definition) is 4. The molecule has 0 unspecified atom stereocenters. The van der Waals surface area contributed by atoms with Gasteiger partial charge in [-0.05, 0) is 12.5 Å². The largest absolute Gasteiger partial charge is 0.363 e. The number of nitro benzene ring substituents is 1. The first kappa shape index (κ1) is 13.5. The number of rotatable bonds is 5. The number of anilines is 1. The van der Waals surface area contributed by atoms with E-state index in [2.05, 4.69) is 16.4 Å². The van der Waals surface area contributed by atoms with Crippen LogP contribution in [-0.4, -0.2) is 42.5 Å². The number of nitrogens with zero attached hydrogens (tertiary/aromatic N) is 3. The number of nitro groups is 1. The Balaban J connectivity index is 2.01. The van der Waals surface area contributed by atoms with Gasteiger partial charge in [0.2, 0.25) is 0 Å². The van der Waals surface area contributed by atoms with E-state index in [4.69, 9.17) is 0 Å². The van der Waals surface area contributed by atoms with Crippen LogP contribution in [0.3, 0.4) is 0 Å². The second-order valence-corrected chi connectivity index (χ2v) is 4.65. The maximum Gasteiger partial charge on any atom is 0.292 e. The average Bonchev–Trinajstić information content (AvgIpc) is 2.45. The van der Waals surface area contributed by atoms with Crippen LogP contribution in [0.15, 0.2) is 36.9 Å².